The summed E-state index contributed by atoms with van der Waals surface area (Å²) < 4.78 is 5.01. The molecule has 0 unspecified atom stereocenters. The first-order chi connectivity index (χ1) is 10.2. The average molecular weight is 280 g/mol. The Hall–Kier alpha value is -2.75. The summed E-state index contributed by atoms with van der Waals surface area (Å²) in [6.07, 6.45) is 0. The van der Waals surface area contributed by atoms with Crippen molar-refractivity contribution in [3.63, 3.8) is 0 Å². The first-order valence-corrected chi connectivity index (χ1v) is 6.84. The lowest BCUT2D eigenvalue weighted by Gasteiger charge is -2.04. The summed E-state index contributed by atoms with van der Waals surface area (Å²) in [6.45, 7) is 2.10. The maximum absolute atomic E-state index is 11.9. The number of rotatable bonds is 3. The van der Waals surface area contributed by atoms with E-state index in [-0.39, 0.29) is 0 Å². The maximum Gasteiger partial charge on any atom is 0.341 e. The zero-order valence-corrected chi connectivity index (χ0v) is 11.7. The molecule has 3 rings (SSSR count). The lowest BCUT2D eigenvalue weighted by molar-refractivity contribution is 0.0528. The van der Waals surface area contributed by atoms with Gasteiger partial charge >= 0.3 is 5.97 Å². The van der Waals surface area contributed by atoms with Crippen LogP contribution in [0.5, 0.6) is 0 Å². The molecule has 0 saturated carbocycles. The number of hydrogen-bond acceptors (Lipinski definition) is 3. The van der Waals surface area contributed by atoms with Crippen molar-refractivity contribution < 1.29 is 9.53 Å². The summed E-state index contributed by atoms with van der Waals surface area (Å²) in [5.41, 5.74) is 8.09. The summed E-state index contributed by atoms with van der Waals surface area (Å²) in [4.78, 5) is 14.9. The predicted octanol–water partition coefficient (Wildman–Crippen LogP) is 3.59. The molecule has 1 heterocycles. The van der Waals surface area contributed by atoms with Crippen LogP contribution in [0, 0.1) is 0 Å². The summed E-state index contributed by atoms with van der Waals surface area (Å²) in [5.74, 6) is -0.0749. The van der Waals surface area contributed by atoms with Gasteiger partial charge in [-0.15, -0.1) is 0 Å². The molecule has 2 aromatic carbocycles. The van der Waals surface area contributed by atoms with Crippen molar-refractivity contribution in [3.05, 3.63) is 54.1 Å². The van der Waals surface area contributed by atoms with Crippen LogP contribution in [-0.2, 0) is 4.74 Å². The largest absolute Gasteiger partial charge is 0.462 e. The normalized spacial score (nSPS) is 10.7. The number of nitrogens with one attached hydrogen (secondary N) is 1. The number of carbonyl (C=O) groups excluding carboxylic acids is 1. The van der Waals surface area contributed by atoms with Crippen molar-refractivity contribution in [1.29, 1.82) is 0 Å². The van der Waals surface area contributed by atoms with Crippen LogP contribution in [0.3, 0.4) is 0 Å². The molecule has 1 aromatic heterocycles. The molecule has 4 nitrogen and oxygen atoms in total. The van der Waals surface area contributed by atoms with Crippen LogP contribution in [0.4, 0.5) is 5.82 Å². The Morgan fingerprint density at radius 2 is 1.95 bits per heavy atom. The van der Waals surface area contributed by atoms with E-state index in [1.807, 2.05) is 30.3 Å². The minimum absolute atomic E-state index is 0.326. The fourth-order valence-corrected chi connectivity index (χ4v) is 2.45. The van der Waals surface area contributed by atoms with Crippen LogP contribution in [0.2, 0.25) is 0 Å². The summed E-state index contributed by atoms with van der Waals surface area (Å²) in [5, 5.41) is 2.25. The Kier molecular flexibility index (Phi) is 3.36. The average Bonchev–Trinajstić information content (AvgIpc) is 2.89. The van der Waals surface area contributed by atoms with Gasteiger partial charge in [0.2, 0.25) is 0 Å². The van der Waals surface area contributed by atoms with Gasteiger partial charge in [0.05, 0.1) is 6.61 Å². The summed E-state index contributed by atoms with van der Waals surface area (Å²) >= 11 is 0. The molecule has 0 radical (unpaired) electrons. The molecule has 0 spiro atoms. The second-order valence-corrected chi connectivity index (χ2v) is 4.76. The summed E-state index contributed by atoms with van der Waals surface area (Å²) in [6, 6.07) is 15.9. The molecule has 21 heavy (non-hydrogen) atoms. The maximum atomic E-state index is 11.9. The van der Waals surface area contributed by atoms with Gasteiger partial charge in [0.1, 0.15) is 11.4 Å². The Morgan fingerprint density at radius 3 is 2.76 bits per heavy atom. The van der Waals surface area contributed by atoms with Gasteiger partial charge in [-0.3, -0.25) is 0 Å². The third-order valence-electron chi connectivity index (χ3n) is 3.42. The number of aromatic amines is 1. The van der Waals surface area contributed by atoms with Crippen molar-refractivity contribution in [2.75, 3.05) is 12.3 Å². The van der Waals surface area contributed by atoms with Crippen LogP contribution in [-0.4, -0.2) is 17.6 Å². The highest BCUT2D eigenvalue weighted by Gasteiger charge is 2.16. The van der Waals surface area contributed by atoms with Crippen molar-refractivity contribution in [2.45, 2.75) is 6.92 Å². The van der Waals surface area contributed by atoms with E-state index in [9.17, 15) is 4.79 Å². The van der Waals surface area contributed by atoms with Crippen molar-refractivity contribution in [2.24, 2.45) is 0 Å². The van der Waals surface area contributed by atoms with E-state index >= 15 is 0 Å². The van der Waals surface area contributed by atoms with Crippen LogP contribution in [0.15, 0.2) is 48.5 Å². The lowest BCUT2D eigenvalue weighted by atomic mass is 10.0. The number of H-pyrrole nitrogens is 1. The number of ether oxygens (including phenoxy) is 1. The Balaban J connectivity index is 2.12. The molecule has 3 N–H and O–H groups in total. The third-order valence-corrected chi connectivity index (χ3v) is 3.42. The third kappa shape index (κ3) is 2.36. The standard InChI is InChI=1S/C17H16N2O2/c1-2-21-17(20)14-10-15(19-16(14)18)13-9-5-7-11-6-3-4-8-12(11)13/h3-10,19H,2,18H2,1H3. The number of hydrogen-bond donors (Lipinski definition) is 2. The first kappa shape index (κ1) is 13.2. The fourth-order valence-electron chi connectivity index (χ4n) is 2.45. The SMILES string of the molecule is CCOC(=O)c1cc(-c2cccc3ccccc23)[nH]c1N. The van der Waals surface area contributed by atoms with Gasteiger partial charge in [-0.1, -0.05) is 42.5 Å². The molecular formula is C17H16N2O2. The lowest BCUT2D eigenvalue weighted by Crippen LogP contribution is -2.05. The van der Waals surface area contributed by atoms with Gasteiger partial charge in [0.25, 0.3) is 0 Å². The zero-order chi connectivity index (χ0) is 14.8. The van der Waals surface area contributed by atoms with Crippen LogP contribution < -0.4 is 5.73 Å². The van der Waals surface area contributed by atoms with Gasteiger partial charge in [-0.25, -0.2) is 4.79 Å². The molecule has 0 aliphatic rings. The van der Waals surface area contributed by atoms with Crippen LogP contribution in [0.25, 0.3) is 22.0 Å². The Bertz CT molecular complexity index is 800. The number of nitrogens with two attached hydrogens (primary N) is 1. The van der Waals surface area contributed by atoms with Crippen molar-refractivity contribution in [3.8, 4) is 11.3 Å². The zero-order valence-electron chi connectivity index (χ0n) is 11.7. The minimum atomic E-state index is -0.405. The van der Waals surface area contributed by atoms with Gasteiger partial charge < -0.3 is 15.5 Å². The molecule has 4 heteroatoms. The molecule has 0 fully saturated rings. The minimum Gasteiger partial charge on any atom is -0.462 e. The Morgan fingerprint density at radius 1 is 1.19 bits per heavy atom. The fraction of sp³-hybridized carbons (Fsp3) is 0.118. The van der Waals surface area contributed by atoms with Gasteiger partial charge in [0, 0.05) is 11.3 Å². The van der Waals surface area contributed by atoms with Crippen molar-refractivity contribution in [1.82, 2.24) is 4.98 Å². The monoisotopic (exact) mass is 280 g/mol. The van der Waals surface area contributed by atoms with E-state index in [0.29, 0.717) is 18.0 Å². The van der Waals surface area contributed by atoms with E-state index in [1.165, 1.54) is 0 Å². The Labute approximate surface area is 122 Å². The highest BCUT2D eigenvalue weighted by atomic mass is 16.5. The molecule has 3 aromatic rings. The van der Waals surface area contributed by atoms with E-state index < -0.39 is 5.97 Å². The van der Waals surface area contributed by atoms with Gasteiger partial charge in [0.15, 0.2) is 0 Å². The molecule has 0 amide bonds. The van der Waals surface area contributed by atoms with E-state index in [0.717, 1.165) is 22.0 Å². The molecule has 0 saturated heterocycles. The second-order valence-electron chi connectivity index (χ2n) is 4.76. The molecular weight excluding hydrogens is 264 g/mol. The van der Waals surface area contributed by atoms with Gasteiger partial charge in [-0.2, -0.15) is 0 Å². The number of nitrogen functional groups attached to an aromatic ring is 1. The highest BCUT2D eigenvalue weighted by Crippen LogP contribution is 2.30. The number of aromatic nitrogens is 1. The second kappa shape index (κ2) is 5.32. The number of anilines is 1. The first-order valence-electron chi connectivity index (χ1n) is 6.84. The smallest absolute Gasteiger partial charge is 0.341 e. The van der Waals surface area contributed by atoms with E-state index in [1.54, 1.807) is 13.0 Å². The van der Waals surface area contributed by atoms with Crippen LogP contribution in [0.1, 0.15) is 17.3 Å². The number of fused-ring (bicyclic) bond motifs is 1. The number of esters is 1. The topological polar surface area (TPSA) is 68.1 Å². The van der Waals surface area contributed by atoms with Crippen LogP contribution >= 0.6 is 0 Å². The highest BCUT2D eigenvalue weighted by molar-refractivity contribution is 6.00. The number of benzene rings is 2. The summed E-state index contributed by atoms with van der Waals surface area (Å²) in [7, 11) is 0. The van der Waals surface area contributed by atoms with Crippen molar-refractivity contribution >= 4 is 22.6 Å². The number of carbonyl (C=O) groups is 1. The van der Waals surface area contributed by atoms with E-state index in [2.05, 4.69) is 17.1 Å². The molecule has 0 aliphatic carbocycles. The van der Waals surface area contributed by atoms with Gasteiger partial charge in [-0.05, 0) is 23.8 Å². The quantitative estimate of drug-likeness (QED) is 0.720. The van der Waals surface area contributed by atoms with E-state index in [4.69, 9.17) is 10.5 Å². The molecule has 0 atom stereocenters. The molecule has 0 bridgehead atoms. The molecule has 106 valence electrons. The predicted molar refractivity (Wildman–Crippen MR) is 84.1 cm³/mol. The molecule has 0 aliphatic heterocycles.